The summed E-state index contributed by atoms with van der Waals surface area (Å²) >= 11 is 0. The second-order valence-electron chi connectivity index (χ2n) is 4.43. The Hall–Kier alpha value is -0.620. The van der Waals surface area contributed by atoms with E-state index in [1.807, 2.05) is 0 Å². The van der Waals surface area contributed by atoms with Crippen LogP contribution in [0.25, 0.3) is 0 Å². The molecular weight excluding hydrogens is 162 g/mol. The van der Waals surface area contributed by atoms with Crippen molar-refractivity contribution in [2.45, 2.75) is 51.0 Å². The molecule has 0 saturated heterocycles. The molecule has 2 nitrogen and oxygen atoms in total. The van der Waals surface area contributed by atoms with Gasteiger partial charge < -0.3 is 0 Å². The molecule has 3 atom stereocenters. The van der Waals surface area contributed by atoms with Gasteiger partial charge in [0.1, 0.15) is 0 Å². The Morgan fingerprint density at radius 1 is 1.00 bits per heavy atom. The van der Waals surface area contributed by atoms with Crippen LogP contribution < -0.4 is 0 Å². The number of fused-ring (bicyclic) bond motifs is 1. The van der Waals surface area contributed by atoms with Gasteiger partial charge in [-0.3, -0.25) is 0 Å². The molecule has 72 valence electrons. The van der Waals surface area contributed by atoms with Crippen molar-refractivity contribution in [3.05, 3.63) is 0 Å². The van der Waals surface area contributed by atoms with Gasteiger partial charge in [-0.25, -0.2) is 9.79 Å². The SMILES string of the molecule is O=C=NC1CCCC2CCCCC21. The van der Waals surface area contributed by atoms with Crippen molar-refractivity contribution in [1.29, 1.82) is 0 Å². The summed E-state index contributed by atoms with van der Waals surface area (Å²) in [4.78, 5) is 14.2. The van der Waals surface area contributed by atoms with Crippen LogP contribution in [0.15, 0.2) is 4.99 Å². The average Bonchev–Trinajstić information content (AvgIpc) is 2.19. The molecule has 2 heteroatoms. The Bertz CT molecular complexity index is 218. The van der Waals surface area contributed by atoms with Gasteiger partial charge in [-0.05, 0) is 24.7 Å². The van der Waals surface area contributed by atoms with Gasteiger partial charge in [0.15, 0.2) is 0 Å². The van der Waals surface area contributed by atoms with Crippen LogP contribution >= 0.6 is 0 Å². The van der Waals surface area contributed by atoms with Gasteiger partial charge in [-0.2, -0.15) is 0 Å². The fourth-order valence-electron chi connectivity index (χ4n) is 3.13. The fourth-order valence-corrected chi connectivity index (χ4v) is 3.13. The lowest BCUT2D eigenvalue weighted by molar-refractivity contribution is 0.147. The number of aliphatic imine (C=N–C) groups is 1. The Morgan fingerprint density at radius 2 is 1.77 bits per heavy atom. The van der Waals surface area contributed by atoms with Crippen molar-refractivity contribution in [1.82, 2.24) is 0 Å². The topological polar surface area (TPSA) is 29.4 Å². The lowest BCUT2D eigenvalue weighted by Crippen LogP contribution is -2.33. The third kappa shape index (κ3) is 1.83. The number of hydrogen-bond acceptors (Lipinski definition) is 2. The molecule has 0 radical (unpaired) electrons. The molecule has 2 rings (SSSR count). The summed E-state index contributed by atoms with van der Waals surface area (Å²) in [7, 11) is 0. The summed E-state index contributed by atoms with van der Waals surface area (Å²) < 4.78 is 0. The van der Waals surface area contributed by atoms with E-state index in [9.17, 15) is 4.79 Å². The summed E-state index contributed by atoms with van der Waals surface area (Å²) in [6.45, 7) is 0. The predicted molar refractivity (Wildman–Crippen MR) is 51.2 cm³/mol. The first-order valence-corrected chi connectivity index (χ1v) is 5.49. The summed E-state index contributed by atoms with van der Waals surface area (Å²) in [6.07, 6.45) is 10.9. The summed E-state index contributed by atoms with van der Waals surface area (Å²) in [6, 6.07) is 0.316. The molecule has 2 saturated carbocycles. The van der Waals surface area contributed by atoms with Crippen molar-refractivity contribution in [2.24, 2.45) is 16.8 Å². The van der Waals surface area contributed by atoms with Gasteiger partial charge in [0.2, 0.25) is 6.08 Å². The van der Waals surface area contributed by atoms with Gasteiger partial charge in [-0.15, -0.1) is 0 Å². The molecule has 0 bridgehead atoms. The lowest BCUT2D eigenvalue weighted by Gasteiger charge is -2.38. The van der Waals surface area contributed by atoms with Crippen LogP contribution in [0.2, 0.25) is 0 Å². The summed E-state index contributed by atoms with van der Waals surface area (Å²) in [5.41, 5.74) is 0. The minimum absolute atomic E-state index is 0.316. The Balaban J connectivity index is 2.06. The summed E-state index contributed by atoms with van der Waals surface area (Å²) in [5.74, 6) is 1.58. The molecular formula is C11H17NO. The van der Waals surface area contributed by atoms with E-state index in [2.05, 4.69) is 4.99 Å². The minimum atomic E-state index is 0.316. The van der Waals surface area contributed by atoms with E-state index in [0.29, 0.717) is 12.0 Å². The van der Waals surface area contributed by atoms with Crippen LogP contribution in [0, 0.1) is 11.8 Å². The standard InChI is InChI=1S/C11H17NO/c13-8-12-11-7-3-5-9-4-1-2-6-10(9)11/h9-11H,1-7H2. The lowest BCUT2D eigenvalue weighted by atomic mass is 9.68. The van der Waals surface area contributed by atoms with Gasteiger partial charge in [-0.1, -0.05) is 32.1 Å². The van der Waals surface area contributed by atoms with E-state index in [4.69, 9.17) is 0 Å². The first-order valence-electron chi connectivity index (χ1n) is 5.49. The van der Waals surface area contributed by atoms with Crippen molar-refractivity contribution in [2.75, 3.05) is 0 Å². The molecule has 0 N–H and O–H groups in total. The smallest absolute Gasteiger partial charge is 0.211 e. The zero-order chi connectivity index (χ0) is 9.10. The fraction of sp³-hybridized carbons (Fsp3) is 0.909. The second kappa shape index (κ2) is 4.06. The quantitative estimate of drug-likeness (QED) is 0.449. The van der Waals surface area contributed by atoms with E-state index in [1.54, 1.807) is 6.08 Å². The first kappa shape index (κ1) is 8.96. The van der Waals surface area contributed by atoms with Gasteiger partial charge in [0.25, 0.3) is 0 Å². The van der Waals surface area contributed by atoms with Crippen molar-refractivity contribution < 1.29 is 4.79 Å². The van der Waals surface area contributed by atoms with Crippen LogP contribution in [0.3, 0.4) is 0 Å². The number of rotatable bonds is 1. The molecule has 2 aliphatic carbocycles. The van der Waals surface area contributed by atoms with Gasteiger partial charge >= 0.3 is 0 Å². The Labute approximate surface area is 79.4 Å². The minimum Gasteiger partial charge on any atom is -0.211 e. The molecule has 0 aromatic rings. The van der Waals surface area contributed by atoms with Crippen LogP contribution in [0.5, 0.6) is 0 Å². The normalized spacial score (nSPS) is 38.9. The van der Waals surface area contributed by atoms with Gasteiger partial charge in [0, 0.05) is 0 Å². The van der Waals surface area contributed by atoms with Crippen LogP contribution in [0.4, 0.5) is 0 Å². The molecule has 2 fully saturated rings. The Kier molecular flexibility index (Phi) is 2.80. The van der Waals surface area contributed by atoms with E-state index < -0.39 is 0 Å². The molecule has 0 aromatic heterocycles. The number of nitrogens with zero attached hydrogens (tertiary/aromatic N) is 1. The van der Waals surface area contributed by atoms with Crippen LogP contribution in [0.1, 0.15) is 44.9 Å². The summed E-state index contributed by atoms with van der Waals surface area (Å²) in [5, 5.41) is 0. The number of hydrogen-bond donors (Lipinski definition) is 0. The molecule has 13 heavy (non-hydrogen) atoms. The molecule has 0 aromatic carbocycles. The highest BCUT2D eigenvalue weighted by Crippen LogP contribution is 2.41. The van der Waals surface area contributed by atoms with Crippen molar-refractivity contribution in [3.8, 4) is 0 Å². The van der Waals surface area contributed by atoms with Crippen molar-refractivity contribution >= 4 is 6.08 Å². The maximum Gasteiger partial charge on any atom is 0.235 e. The number of carbonyl (C=O) groups excluding carboxylic acids is 1. The van der Waals surface area contributed by atoms with Crippen LogP contribution in [-0.4, -0.2) is 12.1 Å². The number of isocyanates is 1. The van der Waals surface area contributed by atoms with E-state index in [1.165, 1.54) is 38.5 Å². The second-order valence-corrected chi connectivity index (χ2v) is 4.43. The highest BCUT2D eigenvalue weighted by Gasteiger charge is 2.34. The zero-order valence-corrected chi connectivity index (χ0v) is 8.04. The van der Waals surface area contributed by atoms with E-state index in [-0.39, 0.29) is 0 Å². The van der Waals surface area contributed by atoms with Gasteiger partial charge in [0.05, 0.1) is 6.04 Å². The molecule has 3 unspecified atom stereocenters. The maximum atomic E-state index is 10.3. The molecule has 2 aliphatic rings. The predicted octanol–water partition coefficient (Wildman–Crippen LogP) is 2.68. The highest BCUT2D eigenvalue weighted by molar-refractivity contribution is 5.33. The monoisotopic (exact) mass is 179 g/mol. The molecule has 0 aliphatic heterocycles. The largest absolute Gasteiger partial charge is 0.235 e. The first-order chi connectivity index (χ1) is 6.42. The molecule has 0 heterocycles. The molecule has 0 amide bonds. The molecule has 0 spiro atoms. The third-order valence-electron chi connectivity index (χ3n) is 3.76. The average molecular weight is 179 g/mol. The third-order valence-corrected chi connectivity index (χ3v) is 3.76. The highest BCUT2D eigenvalue weighted by atomic mass is 16.1. The van der Waals surface area contributed by atoms with Crippen molar-refractivity contribution in [3.63, 3.8) is 0 Å². The maximum absolute atomic E-state index is 10.3. The Morgan fingerprint density at radius 3 is 2.62 bits per heavy atom. The zero-order valence-electron chi connectivity index (χ0n) is 8.04. The van der Waals surface area contributed by atoms with E-state index >= 15 is 0 Å². The van der Waals surface area contributed by atoms with Crippen LogP contribution in [-0.2, 0) is 4.79 Å². The van der Waals surface area contributed by atoms with E-state index in [0.717, 1.165) is 12.3 Å².